The zero-order valence-electron chi connectivity index (χ0n) is 17.0. The number of carbonyl (C=O) groups excluding carboxylic acids is 2. The first-order chi connectivity index (χ1) is 12.7. The van der Waals surface area contributed by atoms with E-state index in [0.29, 0.717) is 19.3 Å². The maximum Gasteiger partial charge on any atom is 0.306 e. The highest BCUT2D eigenvalue weighted by Gasteiger charge is 2.48. The van der Waals surface area contributed by atoms with Gasteiger partial charge in [0.1, 0.15) is 11.9 Å². The fourth-order valence-corrected chi connectivity index (χ4v) is 4.79. The molecule has 1 heterocycles. The Bertz CT molecular complexity index is 606. The van der Waals surface area contributed by atoms with Crippen molar-refractivity contribution in [2.45, 2.75) is 72.0 Å². The minimum atomic E-state index is -0.783. The molecule has 0 saturated heterocycles. The third kappa shape index (κ3) is 4.52. The number of hydrogen-bond donors (Lipinski definition) is 2. The van der Waals surface area contributed by atoms with Gasteiger partial charge in [0, 0.05) is 24.9 Å². The highest BCUT2D eigenvalue weighted by atomic mass is 16.6. The Morgan fingerprint density at radius 3 is 2.74 bits per heavy atom. The number of carbonyl (C=O) groups is 2. The predicted octanol–water partition coefficient (Wildman–Crippen LogP) is 3.20. The van der Waals surface area contributed by atoms with Crippen LogP contribution in [0.25, 0.3) is 0 Å². The van der Waals surface area contributed by atoms with Crippen LogP contribution in [0, 0.1) is 23.2 Å². The van der Waals surface area contributed by atoms with E-state index in [1.54, 1.807) is 6.92 Å². The van der Waals surface area contributed by atoms with E-state index in [2.05, 4.69) is 12.2 Å². The summed E-state index contributed by atoms with van der Waals surface area (Å²) in [7, 11) is 0. The van der Waals surface area contributed by atoms with Crippen LogP contribution < -0.4 is 0 Å². The van der Waals surface area contributed by atoms with E-state index < -0.39 is 17.6 Å². The monoisotopic (exact) mass is 378 g/mol. The van der Waals surface area contributed by atoms with Gasteiger partial charge in [0.25, 0.3) is 0 Å². The van der Waals surface area contributed by atoms with Gasteiger partial charge in [-0.1, -0.05) is 37.6 Å². The molecule has 27 heavy (non-hydrogen) atoms. The summed E-state index contributed by atoms with van der Waals surface area (Å²) in [4.78, 5) is 25.9. The fourth-order valence-electron chi connectivity index (χ4n) is 4.79. The highest BCUT2D eigenvalue weighted by Crippen LogP contribution is 2.49. The Morgan fingerprint density at radius 2 is 2.11 bits per heavy atom. The predicted molar refractivity (Wildman–Crippen MR) is 104 cm³/mol. The van der Waals surface area contributed by atoms with Crippen LogP contribution >= 0.6 is 0 Å². The molecule has 152 valence electrons. The number of aliphatic hydroxyl groups excluding tert-OH is 2. The summed E-state index contributed by atoms with van der Waals surface area (Å²) >= 11 is 0. The van der Waals surface area contributed by atoms with Gasteiger partial charge in [-0.05, 0) is 45.4 Å². The number of Topliss-reactive ketones (excluding diaryl/α,β-unsaturated/α-hetero) is 1. The molecule has 0 spiro atoms. The summed E-state index contributed by atoms with van der Waals surface area (Å²) in [5.74, 6) is -0.681. The molecule has 2 N–H and O–H groups in total. The van der Waals surface area contributed by atoms with Crippen molar-refractivity contribution in [1.82, 2.24) is 0 Å². The lowest BCUT2D eigenvalue weighted by Crippen LogP contribution is -2.45. The second kappa shape index (κ2) is 9.16. The van der Waals surface area contributed by atoms with E-state index in [1.807, 2.05) is 26.8 Å². The smallest absolute Gasteiger partial charge is 0.306 e. The molecule has 0 aromatic rings. The van der Waals surface area contributed by atoms with Crippen LogP contribution in [0.4, 0.5) is 0 Å². The molecule has 0 saturated carbocycles. The third-order valence-electron chi connectivity index (χ3n) is 6.29. The zero-order chi connectivity index (χ0) is 20.2. The van der Waals surface area contributed by atoms with Crippen LogP contribution in [0.5, 0.6) is 0 Å². The van der Waals surface area contributed by atoms with Crippen LogP contribution in [0.3, 0.4) is 0 Å². The number of rotatable bonds is 5. The molecule has 0 amide bonds. The number of esters is 1. The van der Waals surface area contributed by atoms with Crippen molar-refractivity contribution in [3.63, 3.8) is 0 Å². The number of ether oxygens (including phenoxy) is 1. The summed E-state index contributed by atoms with van der Waals surface area (Å²) in [6.45, 7) is 7.40. The van der Waals surface area contributed by atoms with Gasteiger partial charge in [0.2, 0.25) is 0 Å². The van der Waals surface area contributed by atoms with Gasteiger partial charge < -0.3 is 14.9 Å². The van der Waals surface area contributed by atoms with E-state index in [1.165, 1.54) is 0 Å². The lowest BCUT2D eigenvalue weighted by Gasteiger charge is -2.44. The average molecular weight is 379 g/mol. The molecular weight excluding hydrogens is 344 g/mol. The third-order valence-corrected chi connectivity index (χ3v) is 6.29. The second-order valence-electron chi connectivity index (χ2n) is 8.26. The number of aliphatic hydroxyl groups is 2. The Hall–Kier alpha value is -1.46. The van der Waals surface area contributed by atoms with Crippen LogP contribution in [0.1, 0.15) is 59.8 Å². The molecule has 5 unspecified atom stereocenters. The van der Waals surface area contributed by atoms with E-state index >= 15 is 0 Å². The van der Waals surface area contributed by atoms with Gasteiger partial charge in [-0.15, -0.1) is 0 Å². The van der Waals surface area contributed by atoms with Crippen molar-refractivity contribution in [3.8, 4) is 0 Å². The minimum absolute atomic E-state index is 0.0148. The maximum atomic E-state index is 13.6. The first-order valence-electron chi connectivity index (χ1n) is 10.1. The molecular formula is C22H34O5. The van der Waals surface area contributed by atoms with Crippen molar-refractivity contribution in [2.75, 3.05) is 6.61 Å². The topological polar surface area (TPSA) is 83.8 Å². The van der Waals surface area contributed by atoms with E-state index in [4.69, 9.17) is 4.74 Å². The molecule has 0 fully saturated rings. The fraction of sp³-hybridized carbons (Fsp3) is 0.727. The van der Waals surface area contributed by atoms with Crippen molar-refractivity contribution >= 4 is 11.8 Å². The number of fused-ring (bicyclic) bond motifs is 1. The highest BCUT2D eigenvalue weighted by molar-refractivity contribution is 5.90. The summed E-state index contributed by atoms with van der Waals surface area (Å²) in [5, 5.41) is 19.4. The van der Waals surface area contributed by atoms with Crippen molar-refractivity contribution in [1.29, 1.82) is 0 Å². The van der Waals surface area contributed by atoms with Crippen LogP contribution in [0.15, 0.2) is 23.8 Å². The van der Waals surface area contributed by atoms with Crippen LogP contribution in [0.2, 0.25) is 0 Å². The minimum Gasteiger partial charge on any atom is -0.459 e. The normalized spacial score (nSPS) is 36.0. The largest absolute Gasteiger partial charge is 0.459 e. The summed E-state index contributed by atoms with van der Waals surface area (Å²) in [6, 6.07) is 0. The molecule has 5 heteroatoms. The summed E-state index contributed by atoms with van der Waals surface area (Å²) in [5.41, 5.74) is 0.334. The molecule has 0 aromatic heterocycles. The Morgan fingerprint density at radius 1 is 1.41 bits per heavy atom. The Labute approximate surface area is 162 Å². The zero-order valence-corrected chi connectivity index (χ0v) is 17.0. The standard InChI is InChI=1S/C22H34O5/c1-14(10-12-23)21(26)22-11-6-5-7-18(22)8-9-19(25)27-20(17(4)24)15(2)13-16(22)3/h5,7,13-15,17-18,20,23-24H,6,8-12H2,1-4H3/b16-13+/t14-,15?,17?,18?,20?,22?/m0/s1. The van der Waals surface area contributed by atoms with Gasteiger partial charge >= 0.3 is 5.97 Å². The van der Waals surface area contributed by atoms with Crippen LogP contribution in [-0.2, 0) is 14.3 Å². The molecule has 0 aromatic carbocycles. The molecule has 2 aliphatic rings. The van der Waals surface area contributed by atoms with Crippen molar-refractivity contribution in [2.24, 2.45) is 23.2 Å². The Kier molecular flexibility index (Phi) is 7.40. The number of allylic oxidation sites excluding steroid dienone is 3. The molecule has 2 rings (SSSR count). The molecule has 1 aliphatic heterocycles. The molecule has 6 atom stereocenters. The molecule has 0 radical (unpaired) electrons. The van der Waals surface area contributed by atoms with Gasteiger partial charge in [-0.2, -0.15) is 0 Å². The van der Waals surface area contributed by atoms with E-state index in [9.17, 15) is 19.8 Å². The van der Waals surface area contributed by atoms with E-state index in [-0.39, 0.29) is 42.5 Å². The summed E-state index contributed by atoms with van der Waals surface area (Å²) in [6.07, 6.45) is 7.52. The molecule has 5 nitrogen and oxygen atoms in total. The molecule has 0 bridgehead atoms. The van der Waals surface area contributed by atoms with Gasteiger partial charge in [-0.25, -0.2) is 0 Å². The van der Waals surface area contributed by atoms with Crippen molar-refractivity contribution in [3.05, 3.63) is 23.8 Å². The van der Waals surface area contributed by atoms with Crippen LogP contribution in [-0.4, -0.2) is 40.8 Å². The maximum absolute atomic E-state index is 13.6. The molecule has 1 aliphatic carbocycles. The van der Waals surface area contributed by atoms with Gasteiger partial charge in [-0.3, -0.25) is 9.59 Å². The SMILES string of the molecule is C/C1=C\C(C)C(C(C)O)OC(=O)CCC2C=CCCC12C(=O)[C@@H](C)CCO. The number of cyclic esters (lactones) is 1. The second-order valence-corrected chi connectivity index (χ2v) is 8.26. The first kappa shape index (κ1) is 21.8. The average Bonchev–Trinajstić information content (AvgIpc) is 2.63. The quantitative estimate of drug-likeness (QED) is 0.567. The lowest BCUT2D eigenvalue weighted by molar-refractivity contribution is -0.158. The van der Waals surface area contributed by atoms with Gasteiger partial charge in [0.15, 0.2) is 0 Å². The number of hydrogen-bond acceptors (Lipinski definition) is 5. The van der Waals surface area contributed by atoms with Gasteiger partial charge in [0.05, 0.1) is 11.5 Å². The number of ketones is 1. The summed E-state index contributed by atoms with van der Waals surface area (Å²) < 4.78 is 5.53. The van der Waals surface area contributed by atoms with Crippen molar-refractivity contribution < 1.29 is 24.5 Å². The first-order valence-corrected chi connectivity index (χ1v) is 10.1. The Balaban J connectivity index is 2.54. The van der Waals surface area contributed by atoms with E-state index in [0.717, 1.165) is 12.0 Å². The lowest BCUT2D eigenvalue weighted by atomic mass is 9.58.